The Labute approximate surface area is 103 Å². The fourth-order valence-electron chi connectivity index (χ4n) is 0.781. The molecule has 0 fully saturated rings. The van der Waals surface area contributed by atoms with Crippen molar-refractivity contribution in [1.29, 1.82) is 0 Å². The minimum Gasteiger partial charge on any atom is -0.481 e. The minimum atomic E-state index is -1.56. The third kappa shape index (κ3) is 12.4. The van der Waals surface area contributed by atoms with Crippen LogP contribution in [0.4, 0.5) is 0 Å². The Kier molecular flexibility index (Phi) is 10.9. The molecule has 5 N–H and O–H groups in total. The van der Waals surface area contributed by atoms with Gasteiger partial charge in [-0.25, -0.2) is 9.59 Å². The summed E-state index contributed by atoms with van der Waals surface area (Å²) in [7, 11) is 0. The zero-order valence-corrected chi connectivity index (χ0v) is 9.94. The predicted octanol–water partition coefficient (Wildman–Crippen LogP) is -0.471. The number of carbonyl (C=O) groups is 3. The molecule has 2 atom stereocenters. The number of hydrogen-bond donors (Lipinski definition) is 5. The van der Waals surface area contributed by atoms with Gasteiger partial charge in [-0.15, -0.1) is 0 Å². The van der Waals surface area contributed by atoms with Gasteiger partial charge in [0.1, 0.15) is 0 Å². The zero-order chi connectivity index (χ0) is 14.7. The van der Waals surface area contributed by atoms with Crippen molar-refractivity contribution in [2.75, 3.05) is 0 Å². The first-order valence-corrected chi connectivity index (χ1v) is 5.25. The van der Waals surface area contributed by atoms with Gasteiger partial charge >= 0.3 is 17.9 Å². The molecule has 0 amide bonds. The van der Waals surface area contributed by atoms with E-state index in [1.165, 1.54) is 0 Å². The van der Waals surface area contributed by atoms with Crippen LogP contribution in [-0.2, 0) is 14.4 Å². The molecular formula is C10H18O8. The number of carboxylic acid groups (broad SMARTS) is 3. The van der Waals surface area contributed by atoms with Crippen LogP contribution in [0.2, 0.25) is 0 Å². The van der Waals surface area contributed by atoms with E-state index in [-0.39, 0.29) is 12.8 Å². The highest BCUT2D eigenvalue weighted by atomic mass is 16.4. The molecule has 0 spiro atoms. The summed E-state index contributed by atoms with van der Waals surface area (Å²) in [6, 6.07) is 0. The molecule has 0 aromatic carbocycles. The number of hydrogen-bond acceptors (Lipinski definition) is 5. The summed E-state index contributed by atoms with van der Waals surface area (Å²) < 4.78 is 0. The molecule has 18 heavy (non-hydrogen) atoms. The van der Waals surface area contributed by atoms with Crippen LogP contribution < -0.4 is 0 Å². The van der Waals surface area contributed by atoms with Gasteiger partial charge < -0.3 is 25.5 Å². The molecule has 2 unspecified atom stereocenters. The van der Waals surface area contributed by atoms with Crippen molar-refractivity contribution in [2.45, 2.75) is 44.8 Å². The molecule has 106 valence electrons. The second kappa shape index (κ2) is 10.5. The van der Waals surface area contributed by atoms with Crippen LogP contribution in [0.15, 0.2) is 0 Å². The molecule has 0 saturated carbocycles. The fourth-order valence-corrected chi connectivity index (χ4v) is 0.781. The number of aliphatic hydroxyl groups is 2. The molecule has 0 saturated heterocycles. The topological polar surface area (TPSA) is 152 Å². The van der Waals surface area contributed by atoms with Gasteiger partial charge in [-0.2, -0.15) is 0 Å². The Morgan fingerprint density at radius 3 is 1.50 bits per heavy atom. The van der Waals surface area contributed by atoms with Gasteiger partial charge in [0.15, 0.2) is 12.2 Å². The van der Waals surface area contributed by atoms with Crippen molar-refractivity contribution in [3.63, 3.8) is 0 Å². The van der Waals surface area contributed by atoms with Crippen LogP contribution in [0.3, 0.4) is 0 Å². The molecule has 0 rings (SSSR count). The second-order valence-electron chi connectivity index (χ2n) is 3.43. The average Bonchev–Trinajstić information content (AvgIpc) is 2.26. The van der Waals surface area contributed by atoms with Crippen molar-refractivity contribution in [3.05, 3.63) is 0 Å². The lowest BCUT2D eigenvalue weighted by molar-refractivity contribution is -0.148. The van der Waals surface area contributed by atoms with Gasteiger partial charge in [0.2, 0.25) is 0 Å². The molecule has 8 nitrogen and oxygen atoms in total. The minimum absolute atomic E-state index is 0.245. The first kappa shape index (κ1) is 18.7. The SMILES string of the molecule is CCCC(O)C(=O)O.O=C(O)CCC(O)C(=O)O. The molecule has 0 aromatic heterocycles. The zero-order valence-electron chi connectivity index (χ0n) is 9.94. The predicted molar refractivity (Wildman–Crippen MR) is 59.1 cm³/mol. The Morgan fingerprint density at radius 2 is 1.28 bits per heavy atom. The normalized spacial score (nSPS) is 12.8. The third-order valence-corrected chi connectivity index (χ3v) is 1.76. The molecule has 0 radical (unpaired) electrons. The Hall–Kier alpha value is -1.67. The van der Waals surface area contributed by atoms with Crippen LogP contribution >= 0.6 is 0 Å². The van der Waals surface area contributed by atoms with Crippen molar-refractivity contribution < 1.29 is 39.9 Å². The van der Waals surface area contributed by atoms with Gasteiger partial charge in [-0.3, -0.25) is 4.79 Å². The third-order valence-electron chi connectivity index (χ3n) is 1.76. The van der Waals surface area contributed by atoms with Crippen LogP contribution in [0.25, 0.3) is 0 Å². The molecular weight excluding hydrogens is 248 g/mol. The van der Waals surface area contributed by atoms with Gasteiger partial charge in [0, 0.05) is 6.42 Å². The van der Waals surface area contributed by atoms with E-state index in [4.69, 9.17) is 25.5 Å². The smallest absolute Gasteiger partial charge is 0.332 e. The lowest BCUT2D eigenvalue weighted by Gasteiger charge is -2.00. The van der Waals surface area contributed by atoms with E-state index < -0.39 is 30.1 Å². The highest BCUT2D eigenvalue weighted by Crippen LogP contribution is 1.96. The molecule has 8 heteroatoms. The highest BCUT2D eigenvalue weighted by molar-refractivity contribution is 5.73. The van der Waals surface area contributed by atoms with E-state index in [2.05, 4.69) is 0 Å². The maximum absolute atomic E-state index is 9.87. The number of carboxylic acids is 3. The van der Waals surface area contributed by atoms with Crippen molar-refractivity contribution in [3.8, 4) is 0 Å². The van der Waals surface area contributed by atoms with Gasteiger partial charge in [-0.05, 0) is 12.8 Å². The summed E-state index contributed by atoms with van der Waals surface area (Å²) in [5, 5.41) is 41.2. The largest absolute Gasteiger partial charge is 0.481 e. The number of aliphatic hydroxyl groups excluding tert-OH is 2. The van der Waals surface area contributed by atoms with Crippen LogP contribution in [0.5, 0.6) is 0 Å². The first-order chi connectivity index (χ1) is 8.22. The van der Waals surface area contributed by atoms with Crippen LogP contribution in [-0.4, -0.2) is 55.6 Å². The van der Waals surface area contributed by atoms with Crippen molar-refractivity contribution in [2.24, 2.45) is 0 Å². The molecule has 0 aromatic rings. The van der Waals surface area contributed by atoms with E-state index in [1.54, 1.807) is 0 Å². The Morgan fingerprint density at radius 1 is 0.889 bits per heavy atom. The first-order valence-electron chi connectivity index (χ1n) is 5.25. The van der Waals surface area contributed by atoms with E-state index in [0.717, 1.165) is 0 Å². The van der Waals surface area contributed by atoms with Gasteiger partial charge in [0.05, 0.1) is 0 Å². The van der Waals surface area contributed by atoms with Crippen LogP contribution in [0.1, 0.15) is 32.6 Å². The Balaban J connectivity index is 0. The van der Waals surface area contributed by atoms with E-state index in [0.29, 0.717) is 12.8 Å². The maximum Gasteiger partial charge on any atom is 0.332 e. The lowest BCUT2D eigenvalue weighted by atomic mass is 10.2. The number of aliphatic carboxylic acids is 3. The lowest BCUT2D eigenvalue weighted by Crippen LogP contribution is -2.20. The summed E-state index contributed by atoms with van der Waals surface area (Å²) in [4.78, 5) is 29.5. The Bertz CT molecular complexity index is 275. The standard InChI is InChI=1S/C5H8O5.C5H10O3/c6-3(5(9)10)1-2-4(7)8;1-2-3-4(6)5(7)8/h3,6H,1-2H2,(H,7,8)(H,9,10);4,6H,2-3H2,1H3,(H,7,8). The van der Waals surface area contributed by atoms with Crippen LogP contribution in [0, 0.1) is 0 Å². The molecule has 0 heterocycles. The maximum atomic E-state index is 9.87. The second-order valence-corrected chi connectivity index (χ2v) is 3.43. The summed E-state index contributed by atoms with van der Waals surface area (Å²) in [6.45, 7) is 1.83. The van der Waals surface area contributed by atoms with Crippen molar-refractivity contribution >= 4 is 17.9 Å². The summed E-state index contributed by atoms with van der Waals surface area (Å²) in [5.41, 5.74) is 0. The monoisotopic (exact) mass is 266 g/mol. The number of rotatable bonds is 7. The van der Waals surface area contributed by atoms with Gasteiger partial charge in [-0.1, -0.05) is 13.3 Å². The summed E-state index contributed by atoms with van der Waals surface area (Å²) >= 11 is 0. The molecule has 0 aliphatic carbocycles. The van der Waals surface area contributed by atoms with E-state index in [9.17, 15) is 14.4 Å². The van der Waals surface area contributed by atoms with Crippen molar-refractivity contribution in [1.82, 2.24) is 0 Å². The van der Waals surface area contributed by atoms with E-state index in [1.807, 2.05) is 6.92 Å². The average molecular weight is 266 g/mol. The molecule has 0 bridgehead atoms. The molecule has 0 aliphatic heterocycles. The highest BCUT2D eigenvalue weighted by Gasteiger charge is 2.13. The van der Waals surface area contributed by atoms with Gasteiger partial charge in [0.25, 0.3) is 0 Å². The summed E-state index contributed by atoms with van der Waals surface area (Å²) in [5.74, 6) is -3.63. The fraction of sp³-hybridized carbons (Fsp3) is 0.700. The molecule has 0 aliphatic rings. The summed E-state index contributed by atoms with van der Waals surface area (Å²) in [6.07, 6.45) is -2.25. The van der Waals surface area contributed by atoms with E-state index >= 15 is 0 Å². The quantitative estimate of drug-likeness (QED) is 0.414.